The minimum absolute atomic E-state index is 0.0580. The molecule has 2 aliphatic rings. The van der Waals surface area contributed by atoms with Crippen molar-refractivity contribution in [2.24, 2.45) is 5.92 Å². The van der Waals surface area contributed by atoms with Crippen LogP contribution in [0, 0.1) is 12.8 Å². The first-order valence-electron chi connectivity index (χ1n) is 12.8. The first-order valence-corrected chi connectivity index (χ1v) is 12.8. The molecule has 1 atom stereocenters. The quantitative estimate of drug-likeness (QED) is 0.531. The fraction of sp³-hybridized carbons (Fsp3) is 0.400. The van der Waals surface area contributed by atoms with Gasteiger partial charge in [0, 0.05) is 18.3 Å². The van der Waals surface area contributed by atoms with E-state index in [1.165, 1.54) is 0 Å². The number of nitrogens with one attached hydrogen (secondary N) is 1. The van der Waals surface area contributed by atoms with E-state index in [4.69, 9.17) is 0 Å². The van der Waals surface area contributed by atoms with Gasteiger partial charge in [-0.15, -0.1) is 0 Å². The summed E-state index contributed by atoms with van der Waals surface area (Å²) in [5, 5.41) is 3.34. The molecule has 2 aromatic carbocycles. The van der Waals surface area contributed by atoms with E-state index < -0.39 is 5.54 Å². The largest absolute Gasteiger partial charge is 0.351 e. The lowest BCUT2D eigenvalue weighted by Crippen LogP contribution is -2.64. The number of amides is 2. The Labute approximate surface area is 208 Å². The van der Waals surface area contributed by atoms with Gasteiger partial charge < -0.3 is 14.8 Å². The SMILES string of the molecule is Cc1ccccc1CN1C(=O)c2ccc(-c3ccccc3)n2C[C@]1(C)C(=O)NC1CCC(C)CC1. The van der Waals surface area contributed by atoms with Crippen LogP contribution < -0.4 is 5.32 Å². The Hall–Kier alpha value is -3.34. The predicted molar refractivity (Wildman–Crippen MR) is 139 cm³/mol. The van der Waals surface area contributed by atoms with Crippen molar-refractivity contribution >= 4 is 11.8 Å². The van der Waals surface area contributed by atoms with Gasteiger partial charge in [0.1, 0.15) is 11.2 Å². The standard InChI is InChI=1S/C30H35N3O2/c1-21-13-15-25(16-14-21)31-29(35)30(3)20-32-26(23-10-5-4-6-11-23)17-18-27(32)28(34)33(30)19-24-12-8-7-9-22(24)2/h4-12,17-18,21,25H,13-16,19-20H2,1-3H3,(H,31,35)/t21?,25?,30-/m1/s1. The third-order valence-corrected chi connectivity index (χ3v) is 8.01. The molecule has 2 amide bonds. The lowest BCUT2D eigenvalue weighted by molar-refractivity contribution is -0.134. The number of nitrogens with zero attached hydrogens (tertiary/aromatic N) is 2. The number of rotatable bonds is 5. The van der Waals surface area contributed by atoms with Crippen LogP contribution in [0.15, 0.2) is 66.7 Å². The molecule has 0 saturated heterocycles. The average Bonchev–Trinajstić information content (AvgIpc) is 3.28. The summed E-state index contributed by atoms with van der Waals surface area (Å²) < 4.78 is 2.04. The van der Waals surface area contributed by atoms with Gasteiger partial charge in [0.15, 0.2) is 0 Å². The smallest absolute Gasteiger partial charge is 0.271 e. The molecule has 35 heavy (non-hydrogen) atoms. The summed E-state index contributed by atoms with van der Waals surface area (Å²) in [5.74, 6) is 0.553. The maximum absolute atomic E-state index is 14.0. The van der Waals surface area contributed by atoms with Crippen LogP contribution in [0.1, 0.15) is 61.1 Å². The van der Waals surface area contributed by atoms with Crippen molar-refractivity contribution in [3.8, 4) is 11.3 Å². The molecule has 1 saturated carbocycles. The highest BCUT2D eigenvalue weighted by molar-refractivity contribution is 6.00. The Morgan fingerprint density at radius 1 is 0.943 bits per heavy atom. The number of hydrogen-bond acceptors (Lipinski definition) is 2. The summed E-state index contributed by atoms with van der Waals surface area (Å²) in [6, 6.07) is 22.3. The molecular formula is C30H35N3O2. The van der Waals surface area contributed by atoms with Gasteiger partial charge >= 0.3 is 0 Å². The van der Waals surface area contributed by atoms with E-state index in [2.05, 4.69) is 25.2 Å². The summed E-state index contributed by atoms with van der Waals surface area (Å²) in [5.41, 5.74) is 3.83. The Balaban J connectivity index is 1.53. The third-order valence-electron chi connectivity index (χ3n) is 8.01. The fourth-order valence-corrected chi connectivity index (χ4v) is 5.59. The Morgan fingerprint density at radius 3 is 2.31 bits per heavy atom. The lowest BCUT2D eigenvalue weighted by Gasteiger charge is -2.45. The van der Waals surface area contributed by atoms with E-state index >= 15 is 0 Å². The van der Waals surface area contributed by atoms with Gasteiger partial charge in [-0.2, -0.15) is 0 Å². The molecular weight excluding hydrogens is 434 g/mol. The molecule has 1 N–H and O–H groups in total. The highest BCUT2D eigenvalue weighted by Crippen LogP contribution is 2.35. The number of aryl methyl sites for hydroxylation is 1. The zero-order chi connectivity index (χ0) is 24.6. The molecule has 0 bridgehead atoms. The second kappa shape index (κ2) is 9.37. The van der Waals surface area contributed by atoms with Gasteiger partial charge in [0.05, 0.1) is 6.54 Å². The average molecular weight is 470 g/mol. The summed E-state index contributed by atoms with van der Waals surface area (Å²) in [4.78, 5) is 29.7. The molecule has 5 nitrogen and oxygen atoms in total. The third kappa shape index (κ3) is 4.40. The van der Waals surface area contributed by atoms with Crippen LogP contribution in [0.25, 0.3) is 11.3 Å². The zero-order valence-corrected chi connectivity index (χ0v) is 21.0. The van der Waals surface area contributed by atoms with E-state index in [1.54, 1.807) is 4.90 Å². The van der Waals surface area contributed by atoms with Crippen LogP contribution in [0.3, 0.4) is 0 Å². The van der Waals surface area contributed by atoms with Crippen LogP contribution >= 0.6 is 0 Å². The van der Waals surface area contributed by atoms with Crippen molar-refractivity contribution in [2.45, 2.75) is 71.1 Å². The van der Waals surface area contributed by atoms with Crippen molar-refractivity contribution in [1.29, 1.82) is 0 Å². The molecule has 0 unspecified atom stereocenters. The second-order valence-corrected chi connectivity index (χ2v) is 10.6. The summed E-state index contributed by atoms with van der Waals surface area (Å²) in [6.07, 6.45) is 4.26. The molecule has 0 radical (unpaired) electrons. The first-order chi connectivity index (χ1) is 16.9. The van der Waals surface area contributed by atoms with E-state index in [0.29, 0.717) is 24.7 Å². The maximum Gasteiger partial charge on any atom is 0.271 e. The monoisotopic (exact) mass is 469 g/mol. The number of aromatic nitrogens is 1. The van der Waals surface area contributed by atoms with Gasteiger partial charge in [-0.25, -0.2) is 0 Å². The molecule has 2 heterocycles. The highest BCUT2D eigenvalue weighted by Gasteiger charge is 2.48. The molecule has 182 valence electrons. The molecule has 1 aromatic heterocycles. The van der Waals surface area contributed by atoms with E-state index in [1.807, 2.05) is 72.2 Å². The molecule has 5 rings (SSSR count). The molecule has 3 aromatic rings. The number of carbonyl (C=O) groups is 2. The van der Waals surface area contributed by atoms with Crippen LogP contribution in [0.4, 0.5) is 0 Å². The second-order valence-electron chi connectivity index (χ2n) is 10.6. The summed E-state index contributed by atoms with van der Waals surface area (Å²) in [7, 11) is 0. The van der Waals surface area contributed by atoms with Gasteiger partial charge in [0.2, 0.25) is 5.91 Å². The number of hydrogen-bond donors (Lipinski definition) is 1. The van der Waals surface area contributed by atoms with Crippen LogP contribution in [0.5, 0.6) is 0 Å². The highest BCUT2D eigenvalue weighted by atomic mass is 16.2. The Morgan fingerprint density at radius 2 is 1.60 bits per heavy atom. The van der Waals surface area contributed by atoms with Crippen LogP contribution in [-0.2, 0) is 17.9 Å². The molecule has 1 aliphatic carbocycles. The lowest BCUT2D eigenvalue weighted by atomic mass is 9.86. The zero-order valence-electron chi connectivity index (χ0n) is 21.0. The van der Waals surface area contributed by atoms with E-state index in [0.717, 1.165) is 48.1 Å². The number of carbonyl (C=O) groups excluding carboxylic acids is 2. The topological polar surface area (TPSA) is 54.3 Å². The number of fused-ring (bicyclic) bond motifs is 1. The Kier molecular flexibility index (Phi) is 6.26. The molecule has 5 heteroatoms. The Bertz CT molecular complexity index is 1220. The predicted octanol–water partition coefficient (Wildman–Crippen LogP) is 5.57. The van der Waals surface area contributed by atoms with Gasteiger partial charge in [-0.3, -0.25) is 9.59 Å². The van der Waals surface area contributed by atoms with Crippen LogP contribution in [-0.4, -0.2) is 32.9 Å². The fourth-order valence-electron chi connectivity index (χ4n) is 5.59. The maximum atomic E-state index is 14.0. The first kappa shape index (κ1) is 23.4. The molecule has 1 fully saturated rings. The van der Waals surface area contributed by atoms with Crippen molar-refractivity contribution in [2.75, 3.05) is 0 Å². The van der Waals surface area contributed by atoms with Crippen molar-refractivity contribution < 1.29 is 9.59 Å². The van der Waals surface area contributed by atoms with Gasteiger partial charge in [0.25, 0.3) is 5.91 Å². The van der Waals surface area contributed by atoms with E-state index in [-0.39, 0.29) is 17.9 Å². The summed E-state index contributed by atoms with van der Waals surface area (Å²) >= 11 is 0. The van der Waals surface area contributed by atoms with Crippen molar-refractivity contribution in [3.05, 3.63) is 83.6 Å². The minimum Gasteiger partial charge on any atom is -0.351 e. The van der Waals surface area contributed by atoms with Crippen molar-refractivity contribution in [1.82, 2.24) is 14.8 Å². The van der Waals surface area contributed by atoms with Crippen molar-refractivity contribution in [3.63, 3.8) is 0 Å². The van der Waals surface area contributed by atoms with Gasteiger partial charge in [-0.05, 0) is 74.3 Å². The number of benzene rings is 2. The summed E-state index contributed by atoms with van der Waals surface area (Å²) in [6.45, 7) is 7.10. The minimum atomic E-state index is -1.00. The van der Waals surface area contributed by atoms with E-state index in [9.17, 15) is 9.59 Å². The van der Waals surface area contributed by atoms with Gasteiger partial charge in [-0.1, -0.05) is 61.5 Å². The molecule has 0 spiro atoms. The molecule has 1 aliphatic heterocycles. The van der Waals surface area contributed by atoms with Crippen LogP contribution in [0.2, 0.25) is 0 Å². The normalized spacial score (nSPS) is 24.2.